The third kappa shape index (κ3) is 2.83. The molecule has 1 aromatic heterocycles. The summed E-state index contributed by atoms with van der Waals surface area (Å²) >= 11 is 0. The number of nitrogens with zero attached hydrogens (tertiary/aromatic N) is 5. The number of ether oxygens (including phenoxy) is 1. The fraction of sp³-hybridized carbons (Fsp3) is 0.500. The van der Waals surface area contributed by atoms with Gasteiger partial charge < -0.3 is 9.64 Å². The minimum atomic E-state index is -0.485. The first-order valence-electron chi connectivity index (χ1n) is 9.14. The van der Waals surface area contributed by atoms with Crippen molar-refractivity contribution in [3.05, 3.63) is 46.5 Å². The van der Waals surface area contributed by atoms with Crippen LogP contribution in [0.1, 0.15) is 43.5 Å². The Labute approximate surface area is 155 Å². The summed E-state index contributed by atoms with van der Waals surface area (Å²) in [5.74, 6) is 2.01. The van der Waals surface area contributed by atoms with Crippen molar-refractivity contribution >= 4 is 11.8 Å². The van der Waals surface area contributed by atoms with Crippen LogP contribution >= 0.6 is 0 Å². The van der Waals surface area contributed by atoms with Crippen molar-refractivity contribution in [1.82, 2.24) is 19.7 Å². The van der Waals surface area contributed by atoms with Crippen molar-refractivity contribution in [1.29, 1.82) is 0 Å². The van der Waals surface area contributed by atoms with Crippen LogP contribution in [0, 0.1) is 15.5 Å². The molecule has 2 aromatic rings. The third-order valence-corrected chi connectivity index (χ3v) is 5.79. The SMILES string of the molecule is O=C(Oc1ccc([N+](=O)[O-])cc1)N1CC2(CC(n3ncnc3C3CC3)C2)C1. The molecule has 27 heavy (non-hydrogen) atoms. The number of non-ortho nitro benzene ring substituents is 1. The highest BCUT2D eigenvalue weighted by Crippen LogP contribution is 2.55. The standard InChI is InChI=1S/C18H19N5O4/c24-17(27-15-5-3-13(4-6-15)23(25)26)21-9-18(10-21)7-14(8-18)22-16(12-1-2-12)19-11-20-22/h3-6,11-12,14H,1-2,7-10H2. The Kier molecular flexibility index (Phi) is 3.46. The lowest BCUT2D eigenvalue weighted by atomic mass is 9.61. The van der Waals surface area contributed by atoms with E-state index in [1.165, 1.54) is 37.1 Å². The van der Waals surface area contributed by atoms with Gasteiger partial charge in [0.25, 0.3) is 5.69 Å². The molecule has 1 aliphatic heterocycles. The Morgan fingerprint density at radius 2 is 1.93 bits per heavy atom. The fourth-order valence-corrected chi connectivity index (χ4v) is 4.24. The topological polar surface area (TPSA) is 103 Å². The number of aromatic nitrogens is 3. The van der Waals surface area contributed by atoms with Crippen LogP contribution in [0.25, 0.3) is 0 Å². The molecule has 0 atom stereocenters. The summed E-state index contributed by atoms with van der Waals surface area (Å²) in [5.41, 5.74) is 0.142. The van der Waals surface area contributed by atoms with Gasteiger partial charge in [-0.3, -0.25) is 10.1 Å². The molecule has 3 aliphatic rings. The minimum Gasteiger partial charge on any atom is -0.410 e. The monoisotopic (exact) mass is 369 g/mol. The Bertz CT molecular complexity index is 891. The third-order valence-electron chi connectivity index (χ3n) is 5.79. The summed E-state index contributed by atoms with van der Waals surface area (Å²) in [6, 6.07) is 5.92. The number of rotatable bonds is 4. The second-order valence-electron chi connectivity index (χ2n) is 7.87. The summed E-state index contributed by atoms with van der Waals surface area (Å²) in [6.45, 7) is 1.37. The predicted octanol–water partition coefficient (Wildman–Crippen LogP) is 2.90. The van der Waals surface area contributed by atoms with Crippen molar-refractivity contribution in [3.63, 3.8) is 0 Å². The van der Waals surface area contributed by atoms with E-state index in [-0.39, 0.29) is 11.1 Å². The maximum Gasteiger partial charge on any atom is 0.415 e. The van der Waals surface area contributed by atoms with Gasteiger partial charge in [0.2, 0.25) is 0 Å². The second-order valence-corrected chi connectivity index (χ2v) is 7.87. The van der Waals surface area contributed by atoms with E-state index in [0.29, 0.717) is 30.8 Å². The molecule has 0 N–H and O–H groups in total. The molecule has 5 rings (SSSR count). The molecule has 1 amide bonds. The molecule has 1 spiro atoms. The Morgan fingerprint density at radius 3 is 2.56 bits per heavy atom. The highest BCUT2D eigenvalue weighted by atomic mass is 16.6. The first kappa shape index (κ1) is 16.2. The fourth-order valence-electron chi connectivity index (χ4n) is 4.24. The highest BCUT2D eigenvalue weighted by Gasteiger charge is 2.55. The van der Waals surface area contributed by atoms with Crippen molar-refractivity contribution < 1.29 is 14.5 Å². The molecule has 0 radical (unpaired) electrons. The Hall–Kier alpha value is -2.97. The van der Waals surface area contributed by atoms with Gasteiger partial charge >= 0.3 is 6.09 Å². The van der Waals surface area contributed by atoms with Gasteiger partial charge in [-0.2, -0.15) is 5.10 Å². The molecule has 3 fully saturated rings. The van der Waals surface area contributed by atoms with Crippen LogP contribution in [0.5, 0.6) is 5.75 Å². The number of amides is 1. The number of carbonyl (C=O) groups is 1. The summed E-state index contributed by atoms with van der Waals surface area (Å²) in [4.78, 5) is 28.5. The first-order valence-corrected chi connectivity index (χ1v) is 9.14. The van der Waals surface area contributed by atoms with E-state index in [4.69, 9.17) is 4.74 Å². The maximum absolute atomic E-state index is 12.2. The molecule has 140 valence electrons. The highest BCUT2D eigenvalue weighted by molar-refractivity contribution is 5.72. The zero-order chi connectivity index (χ0) is 18.6. The average molecular weight is 369 g/mol. The van der Waals surface area contributed by atoms with Gasteiger partial charge in [-0.1, -0.05) is 0 Å². The second kappa shape index (κ2) is 5.77. The van der Waals surface area contributed by atoms with Gasteiger partial charge in [0.05, 0.1) is 11.0 Å². The molecular weight excluding hydrogens is 350 g/mol. The minimum absolute atomic E-state index is 0.0307. The number of nitro benzene ring substituents is 1. The number of likely N-dealkylation sites (tertiary alicyclic amines) is 1. The molecule has 1 aromatic carbocycles. The van der Waals surface area contributed by atoms with E-state index in [9.17, 15) is 14.9 Å². The number of carbonyl (C=O) groups excluding carboxylic acids is 1. The predicted molar refractivity (Wildman–Crippen MR) is 93.4 cm³/mol. The van der Waals surface area contributed by atoms with Gasteiger partial charge in [-0.25, -0.2) is 14.5 Å². The lowest BCUT2D eigenvalue weighted by Gasteiger charge is -2.58. The lowest BCUT2D eigenvalue weighted by molar-refractivity contribution is -0.384. The van der Waals surface area contributed by atoms with E-state index in [2.05, 4.69) is 14.8 Å². The zero-order valence-corrected chi connectivity index (χ0v) is 14.7. The van der Waals surface area contributed by atoms with Crippen LogP contribution in [-0.4, -0.2) is 43.8 Å². The van der Waals surface area contributed by atoms with Crippen LogP contribution in [0.3, 0.4) is 0 Å². The largest absolute Gasteiger partial charge is 0.415 e. The number of hydrogen-bond acceptors (Lipinski definition) is 6. The van der Waals surface area contributed by atoms with Crippen molar-refractivity contribution in [3.8, 4) is 5.75 Å². The summed E-state index contributed by atoms with van der Waals surface area (Å²) in [6.07, 6.45) is 5.68. The Balaban J connectivity index is 1.14. The normalized spacial score (nSPS) is 20.8. The molecule has 2 heterocycles. The summed E-state index contributed by atoms with van der Waals surface area (Å²) in [5, 5.41) is 15.1. The molecule has 9 nitrogen and oxygen atoms in total. The molecule has 0 unspecified atom stereocenters. The number of hydrogen-bond donors (Lipinski definition) is 0. The van der Waals surface area contributed by atoms with Gasteiger partial charge in [-0.05, 0) is 37.8 Å². The smallest absolute Gasteiger partial charge is 0.410 e. The lowest BCUT2D eigenvalue weighted by Crippen LogP contribution is -2.64. The summed E-state index contributed by atoms with van der Waals surface area (Å²) < 4.78 is 7.39. The van der Waals surface area contributed by atoms with E-state index in [1.54, 1.807) is 11.2 Å². The van der Waals surface area contributed by atoms with E-state index >= 15 is 0 Å². The van der Waals surface area contributed by atoms with Gasteiger partial charge in [-0.15, -0.1) is 0 Å². The van der Waals surface area contributed by atoms with Crippen LogP contribution in [0.15, 0.2) is 30.6 Å². The maximum atomic E-state index is 12.2. The van der Waals surface area contributed by atoms with Gasteiger partial charge in [0.1, 0.15) is 17.9 Å². The average Bonchev–Trinajstić information content (AvgIpc) is 3.31. The molecule has 9 heteroatoms. The molecular formula is C18H19N5O4. The Morgan fingerprint density at radius 1 is 1.22 bits per heavy atom. The van der Waals surface area contributed by atoms with E-state index in [0.717, 1.165) is 18.7 Å². The number of nitro groups is 1. The van der Waals surface area contributed by atoms with E-state index in [1.807, 2.05) is 0 Å². The van der Waals surface area contributed by atoms with Gasteiger partial charge in [0.15, 0.2) is 0 Å². The van der Waals surface area contributed by atoms with E-state index < -0.39 is 11.0 Å². The van der Waals surface area contributed by atoms with Crippen LogP contribution in [0.4, 0.5) is 10.5 Å². The van der Waals surface area contributed by atoms with Crippen molar-refractivity contribution in [2.24, 2.45) is 5.41 Å². The van der Waals surface area contributed by atoms with Crippen molar-refractivity contribution in [2.45, 2.75) is 37.6 Å². The summed E-state index contributed by atoms with van der Waals surface area (Å²) in [7, 11) is 0. The van der Waals surface area contributed by atoms with Crippen molar-refractivity contribution in [2.75, 3.05) is 13.1 Å². The molecule has 0 bridgehead atoms. The quantitative estimate of drug-likeness (QED) is 0.606. The zero-order valence-electron chi connectivity index (χ0n) is 14.7. The molecule has 1 saturated heterocycles. The molecule has 2 aliphatic carbocycles. The van der Waals surface area contributed by atoms with Gasteiger partial charge in [0, 0.05) is 36.6 Å². The van der Waals surface area contributed by atoms with Crippen LogP contribution in [-0.2, 0) is 0 Å². The van der Waals surface area contributed by atoms with Crippen LogP contribution in [0.2, 0.25) is 0 Å². The number of benzene rings is 1. The first-order chi connectivity index (χ1) is 13.0. The van der Waals surface area contributed by atoms with Crippen LogP contribution < -0.4 is 4.74 Å². The molecule has 2 saturated carbocycles.